The Labute approximate surface area is 109 Å². The number of rotatable bonds is 2. The van der Waals surface area contributed by atoms with E-state index in [-0.39, 0.29) is 0 Å². The highest BCUT2D eigenvalue weighted by Gasteiger charge is 2.19. The zero-order valence-corrected chi connectivity index (χ0v) is 11.6. The summed E-state index contributed by atoms with van der Waals surface area (Å²) in [7, 11) is 0. The minimum absolute atomic E-state index is 0.461. The molecule has 0 fully saturated rings. The molecule has 6 heteroatoms. The van der Waals surface area contributed by atoms with Gasteiger partial charge in [-0.1, -0.05) is 22.9 Å². The zero-order chi connectivity index (χ0) is 11.7. The normalized spacial score (nSPS) is 10.7. The van der Waals surface area contributed by atoms with Crippen LogP contribution in [-0.4, -0.2) is 5.27 Å². The lowest BCUT2D eigenvalue weighted by Crippen LogP contribution is -2.33. The average molecular weight is 348 g/mol. The van der Waals surface area contributed by atoms with Crippen molar-refractivity contribution in [3.8, 4) is 11.6 Å². The van der Waals surface area contributed by atoms with Gasteiger partial charge >= 0.3 is 0 Å². The molecule has 16 heavy (non-hydrogen) atoms. The number of nitrogens with zero attached hydrogens (tertiary/aromatic N) is 2. The number of hydrogen-bond donors (Lipinski definition) is 0. The second-order valence-electron chi connectivity index (χ2n) is 3.21. The molecule has 0 saturated heterocycles. The lowest BCUT2D eigenvalue weighted by Gasteiger charge is -2.02. The van der Waals surface area contributed by atoms with Crippen LogP contribution in [0.4, 0.5) is 0 Å². The van der Waals surface area contributed by atoms with Crippen LogP contribution < -0.4 is 9.79 Å². The Balaban J connectivity index is 2.63. The molecule has 0 unspecified atom stereocenters. The van der Waals surface area contributed by atoms with E-state index in [4.69, 9.17) is 0 Å². The first-order valence-corrected chi connectivity index (χ1v) is 6.24. The van der Waals surface area contributed by atoms with E-state index in [1.807, 2.05) is 19.1 Å². The van der Waals surface area contributed by atoms with E-state index in [0.29, 0.717) is 0 Å². The molecule has 2 rings (SSSR count). The fourth-order valence-corrected chi connectivity index (χ4v) is 2.98. The summed E-state index contributed by atoms with van der Waals surface area (Å²) >= 11 is 6.87. The van der Waals surface area contributed by atoms with E-state index in [1.54, 1.807) is 0 Å². The largest absolute Gasteiger partial charge is 0.539 e. The highest BCUT2D eigenvalue weighted by molar-refractivity contribution is 9.11. The number of halogens is 2. The van der Waals surface area contributed by atoms with E-state index >= 15 is 0 Å². The highest BCUT2D eigenvalue weighted by Crippen LogP contribution is 2.26. The lowest BCUT2D eigenvalue weighted by atomic mass is 10.1. The van der Waals surface area contributed by atoms with Gasteiger partial charge in [0.15, 0.2) is 0 Å². The van der Waals surface area contributed by atoms with Crippen LogP contribution in [0.25, 0.3) is 5.69 Å². The summed E-state index contributed by atoms with van der Waals surface area (Å²) in [5.41, 5.74) is 1.90. The fourth-order valence-electron chi connectivity index (χ4n) is 1.48. The Hall–Kier alpha value is -0.880. The third kappa shape index (κ3) is 2.12. The molecule has 84 valence electrons. The van der Waals surface area contributed by atoms with Crippen molar-refractivity contribution < 1.29 is 14.3 Å². The van der Waals surface area contributed by atoms with Gasteiger partial charge in [-0.3, -0.25) is 0 Å². The van der Waals surface area contributed by atoms with Crippen molar-refractivity contribution in [2.24, 2.45) is 0 Å². The van der Waals surface area contributed by atoms with Gasteiger partial charge in [-0.25, -0.2) is 0 Å². The minimum atomic E-state index is -0.461. The van der Waals surface area contributed by atoms with Crippen LogP contribution in [0, 0.1) is 0 Å². The Kier molecular flexibility index (Phi) is 3.30. The summed E-state index contributed by atoms with van der Waals surface area (Å²) in [4.78, 5) is 0. The first-order valence-electron chi connectivity index (χ1n) is 4.65. The van der Waals surface area contributed by atoms with Crippen LogP contribution in [-0.2, 0) is 6.42 Å². The molecule has 1 aromatic heterocycles. The number of benzene rings is 1. The molecule has 0 saturated carbocycles. The van der Waals surface area contributed by atoms with Gasteiger partial charge in [0, 0.05) is 10.0 Å². The molecule has 0 bridgehead atoms. The van der Waals surface area contributed by atoms with E-state index < -0.39 is 5.95 Å². The smallest absolute Gasteiger partial charge is 0.256 e. The topological polar surface area (TPSA) is 53.0 Å². The molecule has 0 atom stereocenters. The molecule has 0 aliphatic rings. The third-order valence-corrected chi connectivity index (χ3v) is 3.23. The van der Waals surface area contributed by atoms with Crippen molar-refractivity contribution >= 4 is 31.9 Å². The Morgan fingerprint density at radius 2 is 2.19 bits per heavy atom. The van der Waals surface area contributed by atoms with Crippen molar-refractivity contribution in [2.45, 2.75) is 13.3 Å². The standard InChI is InChI=1S/C10H8Br2N2O2/c1-2-6-3-7(11)4-8(12)10(6)14-5-9(15)16-13-14/h3-5H,2H2,1H3. The number of aryl methyl sites for hydroxylation is 1. The van der Waals surface area contributed by atoms with Gasteiger partial charge in [-0.05, 0) is 39.2 Å². The monoisotopic (exact) mass is 346 g/mol. The highest BCUT2D eigenvalue weighted by atomic mass is 79.9. The maximum Gasteiger partial charge on any atom is 0.256 e. The number of hydrogen-bond acceptors (Lipinski definition) is 3. The fraction of sp³-hybridized carbons (Fsp3) is 0.200. The average Bonchev–Trinajstić information content (AvgIpc) is 2.63. The van der Waals surface area contributed by atoms with Gasteiger partial charge in [-0.2, -0.15) is 0 Å². The molecule has 1 aromatic carbocycles. The van der Waals surface area contributed by atoms with E-state index in [0.717, 1.165) is 26.6 Å². The number of aromatic nitrogens is 2. The Morgan fingerprint density at radius 3 is 2.75 bits per heavy atom. The molecule has 0 spiro atoms. The summed E-state index contributed by atoms with van der Waals surface area (Å²) in [6, 6.07) is 3.90. The summed E-state index contributed by atoms with van der Waals surface area (Å²) in [6.07, 6.45) is 2.15. The molecule has 0 radical (unpaired) electrons. The Bertz CT molecular complexity index is 526. The van der Waals surface area contributed by atoms with Gasteiger partial charge in [0.05, 0.1) is 9.74 Å². The summed E-state index contributed by atoms with van der Waals surface area (Å²) in [5, 5.41) is 14.6. The quantitative estimate of drug-likeness (QED) is 0.782. The van der Waals surface area contributed by atoms with Crippen LogP contribution in [0.15, 0.2) is 31.8 Å². The maximum absolute atomic E-state index is 11.0. The van der Waals surface area contributed by atoms with Crippen molar-refractivity contribution in [2.75, 3.05) is 0 Å². The molecule has 4 nitrogen and oxygen atoms in total. The van der Waals surface area contributed by atoms with Crippen LogP contribution in [0.2, 0.25) is 0 Å². The second kappa shape index (κ2) is 4.55. The second-order valence-corrected chi connectivity index (χ2v) is 4.98. The van der Waals surface area contributed by atoms with Gasteiger partial charge in [-0.15, -0.1) is 0 Å². The zero-order valence-electron chi connectivity index (χ0n) is 8.41. The molecular weight excluding hydrogens is 340 g/mol. The van der Waals surface area contributed by atoms with Gasteiger partial charge < -0.3 is 9.63 Å². The molecule has 1 heterocycles. The summed E-state index contributed by atoms with van der Waals surface area (Å²) < 4.78 is 7.81. The molecular formula is C10H8Br2N2O2. The lowest BCUT2D eigenvalue weighted by molar-refractivity contribution is -0.671. The van der Waals surface area contributed by atoms with E-state index in [9.17, 15) is 5.11 Å². The van der Waals surface area contributed by atoms with Crippen LogP contribution in [0.5, 0.6) is 5.95 Å². The minimum Gasteiger partial charge on any atom is -0.539 e. The van der Waals surface area contributed by atoms with Crippen molar-refractivity contribution in [3.63, 3.8) is 0 Å². The third-order valence-electron chi connectivity index (χ3n) is 2.16. The van der Waals surface area contributed by atoms with Crippen molar-refractivity contribution in [3.05, 3.63) is 32.8 Å². The predicted molar refractivity (Wildman–Crippen MR) is 62.3 cm³/mol. The Morgan fingerprint density at radius 1 is 1.44 bits per heavy atom. The van der Waals surface area contributed by atoms with Gasteiger partial charge in [0.1, 0.15) is 5.95 Å². The van der Waals surface area contributed by atoms with Gasteiger partial charge in [0.2, 0.25) is 6.20 Å². The van der Waals surface area contributed by atoms with E-state index in [2.05, 4.69) is 41.7 Å². The van der Waals surface area contributed by atoms with Gasteiger partial charge in [0.25, 0.3) is 5.69 Å². The predicted octanol–water partition coefficient (Wildman–Crippen LogP) is 2.11. The maximum atomic E-state index is 11.0. The van der Waals surface area contributed by atoms with Crippen LogP contribution in [0.1, 0.15) is 12.5 Å². The first kappa shape index (κ1) is 11.6. The molecule has 0 N–H and O–H groups in total. The molecule has 2 aromatic rings. The van der Waals surface area contributed by atoms with Crippen molar-refractivity contribution in [1.82, 2.24) is 5.27 Å². The SMILES string of the molecule is CCc1cc(Br)cc(Br)c1-[n+]1cc([O-])on1. The first-order chi connectivity index (χ1) is 7.61. The molecule has 0 aliphatic carbocycles. The van der Waals surface area contributed by atoms with Crippen molar-refractivity contribution in [1.29, 1.82) is 0 Å². The summed E-state index contributed by atoms with van der Waals surface area (Å²) in [5.74, 6) is -0.461. The molecule has 0 aliphatic heterocycles. The van der Waals surface area contributed by atoms with Crippen LogP contribution >= 0.6 is 31.9 Å². The van der Waals surface area contributed by atoms with Crippen LogP contribution in [0.3, 0.4) is 0 Å². The summed E-state index contributed by atoms with van der Waals surface area (Å²) in [6.45, 7) is 2.04. The van der Waals surface area contributed by atoms with E-state index in [1.165, 1.54) is 10.9 Å². The molecule has 0 amide bonds.